The van der Waals surface area contributed by atoms with Crippen LogP contribution in [0.2, 0.25) is 0 Å². The normalized spacial score (nSPS) is 11.0. The fourth-order valence-corrected chi connectivity index (χ4v) is 3.27. The van der Waals surface area contributed by atoms with Crippen LogP contribution in [0, 0.1) is 0 Å². The quantitative estimate of drug-likeness (QED) is 0.440. The molecule has 0 aliphatic heterocycles. The predicted octanol–water partition coefficient (Wildman–Crippen LogP) is 5.14. The standard InChI is InChI=1S/C23H17N3O3/c27-22(26-23-24-18-11-5-6-12-19(18)25-23)21-17(14-28-15-8-2-1-3-9-15)16-10-4-7-13-20(16)29-21/h1-13H,14H2,(H2,24,25,26,27). The molecule has 0 spiro atoms. The Morgan fingerprint density at radius 1 is 0.966 bits per heavy atom. The fourth-order valence-electron chi connectivity index (χ4n) is 3.27. The number of ether oxygens (including phenoxy) is 1. The molecule has 6 nitrogen and oxygen atoms in total. The second kappa shape index (κ2) is 7.16. The zero-order chi connectivity index (χ0) is 19.6. The van der Waals surface area contributed by atoms with Crippen molar-refractivity contribution in [2.75, 3.05) is 5.32 Å². The van der Waals surface area contributed by atoms with Gasteiger partial charge in [0.05, 0.1) is 11.0 Å². The van der Waals surface area contributed by atoms with Gasteiger partial charge in [-0.1, -0.05) is 48.5 Å². The summed E-state index contributed by atoms with van der Waals surface area (Å²) in [4.78, 5) is 20.5. The predicted molar refractivity (Wildman–Crippen MR) is 111 cm³/mol. The fraction of sp³-hybridized carbons (Fsp3) is 0.0435. The number of H-pyrrole nitrogens is 1. The summed E-state index contributed by atoms with van der Waals surface area (Å²) in [6, 6.07) is 24.6. The average molecular weight is 383 g/mol. The second-order valence-electron chi connectivity index (χ2n) is 6.56. The highest BCUT2D eigenvalue weighted by Crippen LogP contribution is 2.28. The summed E-state index contributed by atoms with van der Waals surface area (Å²) in [5.41, 5.74) is 2.95. The summed E-state index contributed by atoms with van der Waals surface area (Å²) in [5, 5.41) is 3.64. The largest absolute Gasteiger partial charge is 0.489 e. The van der Waals surface area contributed by atoms with Crippen molar-refractivity contribution < 1.29 is 13.9 Å². The molecule has 0 aliphatic carbocycles. The number of hydrogen-bond acceptors (Lipinski definition) is 4. The summed E-state index contributed by atoms with van der Waals surface area (Å²) in [7, 11) is 0. The first-order valence-corrected chi connectivity index (χ1v) is 9.22. The van der Waals surface area contributed by atoms with E-state index in [1.165, 1.54) is 0 Å². The topological polar surface area (TPSA) is 80.2 Å². The van der Waals surface area contributed by atoms with Crippen molar-refractivity contribution in [1.82, 2.24) is 9.97 Å². The lowest BCUT2D eigenvalue weighted by Gasteiger charge is -2.07. The summed E-state index contributed by atoms with van der Waals surface area (Å²) in [5.74, 6) is 0.919. The molecular weight excluding hydrogens is 366 g/mol. The molecule has 0 unspecified atom stereocenters. The molecule has 0 aliphatic rings. The van der Waals surface area contributed by atoms with Gasteiger partial charge in [0.15, 0.2) is 5.76 Å². The van der Waals surface area contributed by atoms with E-state index in [9.17, 15) is 4.79 Å². The Bertz CT molecular complexity index is 1270. The van der Waals surface area contributed by atoms with Crippen LogP contribution in [0.4, 0.5) is 5.95 Å². The number of furan rings is 1. The molecular formula is C23H17N3O3. The maximum absolute atomic E-state index is 13.0. The zero-order valence-corrected chi connectivity index (χ0v) is 15.4. The number of hydrogen-bond donors (Lipinski definition) is 2. The molecule has 0 fully saturated rings. The SMILES string of the molecule is O=C(Nc1nc2ccccc2[nH]1)c1oc2ccccc2c1COc1ccccc1. The molecule has 5 aromatic rings. The van der Waals surface area contributed by atoms with E-state index in [1.54, 1.807) is 0 Å². The molecule has 29 heavy (non-hydrogen) atoms. The number of aromatic nitrogens is 2. The Labute approximate surface area is 166 Å². The van der Waals surface area contributed by atoms with Gasteiger partial charge in [0.25, 0.3) is 5.91 Å². The van der Waals surface area contributed by atoms with Crippen LogP contribution in [0.25, 0.3) is 22.0 Å². The van der Waals surface area contributed by atoms with Crippen LogP contribution in [0.15, 0.2) is 83.3 Å². The number of nitrogens with one attached hydrogen (secondary N) is 2. The maximum atomic E-state index is 13.0. The molecule has 0 saturated carbocycles. The molecule has 1 amide bonds. The molecule has 0 saturated heterocycles. The van der Waals surface area contributed by atoms with E-state index in [0.717, 1.165) is 22.2 Å². The molecule has 0 radical (unpaired) electrons. The van der Waals surface area contributed by atoms with Gasteiger partial charge in [0.2, 0.25) is 5.95 Å². The van der Waals surface area contributed by atoms with Gasteiger partial charge in [0, 0.05) is 10.9 Å². The van der Waals surface area contributed by atoms with Crippen LogP contribution in [0.1, 0.15) is 16.1 Å². The number of anilines is 1. The minimum Gasteiger partial charge on any atom is -0.489 e. The monoisotopic (exact) mass is 383 g/mol. The number of fused-ring (bicyclic) bond motifs is 2. The molecule has 2 aromatic heterocycles. The zero-order valence-electron chi connectivity index (χ0n) is 15.4. The van der Waals surface area contributed by atoms with Crippen molar-refractivity contribution in [2.45, 2.75) is 6.61 Å². The Morgan fingerprint density at radius 3 is 2.59 bits per heavy atom. The van der Waals surface area contributed by atoms with E-state index in [4.69, 9.17) is 9.15 Å². The van der Waals surface area contributed by atoms with Crippen molar-refractivity contribution in [3.05, 3.63) is 90.2 Å². The molecule has 0 atom stereocenters. The van der Waals surface area contributed by atoms with Gasteiger partial charge in [-0.3, -0.25) is 10.1 Å². The number of para-hydroxylation sites is 4. The average Bonchev–Trinajstić information content (AvgIpc) is 3.33. The molecule has 6 heteroatoms. The first-order chi connectivity index (χ1) is 14.3. The van der Waals surface area contributed by atoms with E-state index in [2.05, 4.69) is 15.3 Å². The third-order valence-corrected chi connectivity index (χ3v) is 4.65. The summed E-state index contributed by atoms with van der Waals surface area (Å²) in [6.07, 6.45) is 0. The van der Waals surface area contributed by atoms with Gasteiger partial charge < -0.3 is 14.1 Å². The lowest BCUT2D eigenvalue weighted by molar-refractivity contribution is 0.0994. The van der Waals surface area contributed by atoms with Gasteiger partial charge in [-0.15, -0.1) is 0 Å². The highest BCUT2D eigenvalue weighted by atomic mass is 16.5. The van der Waals surface area contributed by atoms with Crippen LogP contribution in [-0.2, 0) is 6.61 Å². The van der Waals surface area contributed by atoms with Crippen molar-refractivity contribution in [3.8, 4) is 5.75 Å². The molecule has 2 heterocycles. The van der Waals surface area contributed by atoms with E-state index < -0.39 is 0 Å². The van der Waals surface area contributed by atoms with Crippen molar-refractivity contribution in [3.63, 3.8) is 0 Å². The van der Waals surface area contributed by atoms with Gasteiger partial charge >= 0.3 is 0 Å². The van der Waals surface area contributed by atoms with Crippen LogP contribution < -0.4 is 10.1 Å². The molecule has 2 N–H and O–H groups in total. The number of amides is 1. The second-order valence-corrected chi connectivity index (χ2v) is 6.56. The number of carbonyl (C=O) groups is 1. The van der Waals surface area contributed by atoms with Gasteiger partial charge in [0.1, 0.15) is 17.9 Å². The number of aromatic amines is 1. The summed E-state index contributed by atoms with van der Waals surface area (Å²) >= 11 is 0. The van der Waals surface area contributed by atoms with E-state index in [1.807, 2.05) is 78.9 Å². The highest BCUT2D eigenvalue weighted by Gasteiger charge is 2.22. The minimum atomic E-state index is -0.382. The molecule has 142 valence electrons. The van der Waals surface area contributed by atoms with Crippen molar-refractivity contribution in [1.29, 1.82) is 0 Å². The highest BCUT2D eigenvalue weighted by molar-refractivity contribution is 6.06. The van der Waals surface area contributed by atoms with E-state index >= 15 is 0 Å². The van der Waals surface area contributed by atoms with E-state index in [-0.39, 0.29) is 18.3 Å². The van der Waals surface area contributed by atoms with Crippen LogP contribution in [0.5, 0.6) is 5.75 Å². The Hall–Kier alpha value is -4.06. The molecule has 0 bridgehead atoms. The van der Waals surface area contributed by atoms with Gasteiger partial charge in [-0.2, -0.15) is 0 Å². The number of rotatable bonds is 5. The van der Waals surface area contributed by atoms with Crippen LogP contribution >= 0.6 is 0 Å². The molecule has 5 rings (SSSR count). The first-order valence-electron chi connectivity index (χ1n) is 9.22. The number of imidazole rings is 1. The van der Waals surface area contributed by atoms with Crippen molar-refractivity contribution >= 4 is 33.9 Å². The third kappa shape index (κ3) is 3.32. The lowest BCUT2D eigenvalue weighted by atomic mass is 10.1. The molecule has 3 aromatic carbocycles. The lowest BCUT2D eigenvalue weighted by Crippen LogP contribution is -2.14. The Kier molecular flexibility index (Phi) is 4.22. The number of benzene rings is 3. The first kappa shape index (κ1) is 17.1. The third-order valence-electron chi connectivity index (χ3n) is 4.65. The van der Waals surface area contributed by atoms with Crippen LogP contribution in [0.3, 0.4) is 0 Å². The van der Waals surface area contributed by atoms with Crippen LogP contribution in [-0.4, -0.2) is 15.9 Å². The minimum absolute atomic E-state index is 0.211. The summed E-state index contributed by atoms with van der Waals surface area (Å²) < 4.78 is 11.7. The maximum Gasteiger partial charge on any atom is 0.294 e. The Balaban J connectivity index is 1.47. The van der Waals surface area contributed by atoms with Crippen molar-refractivity contribution in [2.24, 2.45) is 0 Å². The smallest absolute Gasteiger partial charge is 0.294 e. The number of carbonyl (C=O) groups excluding carboxylic acids is 1. The summed E-state index contributed by atoms with van der Waals surface area (Å²) in [6.45, 7) is 0.212. The number of nitrogens with zero attached hydrogens (tertiary/aromatic N) is 1. The Morgan fingerprint density at radius 2 is 1.72 bits per heavy atom. The van der Waals surface area contributed by atoms with E-state index in [0.29, 0.717) is 17.1 Å². The van der Waals surface area contributed by atoms with Gasteiger partial charge in [-0.25, -0.2) is 4.98 Å². The van der Waals surface area contributed by atoms with Gasteiger partial charge in [-0.05, 0) is 30.3 Å².